The van der Waals surface area contributed by atoms with Gasteiger partial charge in [0.2, 0.25) is 0 Å². The molecule has 0 aromatic rings. The summed E-state index contributed by atoms with van der Waals surface area (Å²) in [6.45, 7) is 3.29. The number of ether oxygens (including phenoxy) is 1. The maximum Gasteiger partial charge on any atom is 0.326 e. The number of aliphatic hydroxyl groups is 2. The highest BCUT2D eigenvalue weighted by atomic mass is 16.5. The molecule has 2 aliphatic heterocycles. The lowest BCUT2D eigenvalue weighted by molar-refractivity contribution is -0.119. The molecule has 0 aromatic heterocycles. The first-order valence-electron chi connectivity index (χ1n) is 5.27. The molecule has 3 N–H and O–H groups in total. The molecule has 2 rings (SSSR count). The third-order valence-electron chi connectivity index (χ3n) is 2.90. The second kappa shape index (κ2) is 4.44. The highest BCUT2D eigenvalue weighted by Crippen LogP contribution is 2.24. The predicted molar refractivity (Wildman–Crippen MR) is 55.8 cm³/mol. The summed E-state index contributed by atoms with van der Waals surface area (Å²) < 4.78 is 5.33. The zero-order valence-corrected chi connectivity index (χ0v) is 9.13. The molecule has 2 aliphatic rings. The minimum absolute atomic E-state index is 0.0696. The predicted octanol–water partition coefficient (Wildman–Crippen LogP) is -1.44. The van der Waals surface area contributed by atoms with E-state index in [-0.39, 0.29) is 25.1 Å². The lowest BCUT2D eigenvalue weighted by atomic mass is 10.1. The summed E-state index contributed by atoms with van der Waals surface area (Å²) in [5.41, 5.74) is 0.259. The second-order valence-corrected chi connectivity index (χ2v) is 4.11. The summed E-state index contributed by atoms with van der Waals surface area (Å²) in [7, 11) is 0. The third-order valence-corrected chi connectivity index (χ3v) is 2.90. The number of nitrogens with zero attached hydrogens (tertiary/aromatic N) is 1. The van der Waals surface area contributed by atoms with Gasteiger partial charge in [-0.2, -0.15) is 0 Å². The highest BCUT2D eigenvalue weighted by Gasteiger charge is 2.41. The van der Waals surface area contributed by atoms with Crippen molar-refractivity contribution in [3.63, 3.8) is 0 Å². The van der Waals surface area contributed by atoms with Crippen LogP contribution in [0, 0.1) is 0 Å². The van der Waals surface area contributed by atoms with Gasteiger partial charge < -0.3 is 14.9 Å². The van der Waals surface area contributed by atoms with Crippen molar-refractivity contribution in [3.05, 3.63) is 12.2 Å². The Labute approximate surface area is 97.7 Å². The molecule has 0 unspecified atom stereocenters. The van der Waals surface area contributed by atoms with Gasteiger partial charge >= 0.3 is 6.03 Å². The minimum Gasteiger partial charge on any atom is -0.394 e. The molecule has 3 amide bonds. The van der Waals surface area contributed by atoms with Crippen molar-refractivity contribution in [2.45, 2.75) is 24.9 Å². The normalized spacial score (nSPS) is 34.1. The summed E-state index contributed by atoms with van der Waals surface area (Å²) in [6.07, 6.45) is -1.95. The van der Waals surface area contributed by atoms with Crippen LogP contribution in [0.15, 0.2) is 12.2 Å². The van der Waals surface area contributed by atoms with Crippen LogP contribution < -0.4 is 5.32 Å². The van der Waals surface area contributed by atoms with E-state index in [1.54, 1.807) is 0 Å². The fourth-order valence-corrected chi connectivity index (χ4v) is 1.91. The van der Waals surface area contributed by atoms with Crippen molar-refractivity contribution >= 4 is 11.9 Å². The summed E-state index contributed by atoms with van der Waals surface area (Å²) in [4.78, 5) is 24.0. The molecule has 2 fully saturated rings. The quantitative estimate of drug-likeness (QED) is 0.515. The molecule has 7 nitrogen and oxygen atoms in total. The molecule has 3 atom stereocenters. The van der Waals surface area contributed by atoms with E-state index in [1.165, 1.54) is 4.90 Å². The first-order valence-corrected chi connectivity index (χ1v) is 5.27. The monoisotopic (exact) mass is 242 g/mol. The Hall–Kier alpha value is -1.44. The van der Waals surface area contributed by atoms with Crippen molar-refractivity contribution < 1.29 is 24.5 Å². The SMILES string of the molecule is C=C1CN([C@H]2C[C@H](O)[C@@H](CO)O2)C(=O)NC1=O. The number of rotatable bonds is 2. The van der Waals surface area contributed by atoms with E-state index in [1.807, 2.05) is 0 Å². The van der Waals surface area contributed by atoms with Gasteiger partial charge in [-0.15, -0.1) is 0 Å². The van der Waals surface area contributed by atoms with Gasteiger partial charge in [0.1, 0.15) is 12.3 Å². The van der Waals surface area contributed by atoms with Crippen LogP contribution in [-0.2, 0) is 9.53 Å². The van der Waals surface area contributed by atoms with E-state index in [2.05, 4.69) is 11.9 Å². The van der Waals surface area contributed by atoms with Gasteiger partial charge in [0.05, 0.1) is 19.3 Å². The van der Waals surface area contributed by atoms with Crippen LogP contribution in [0.3, 0.4) is 0 Å². The zero-order chi connectivity index (χ0) is 12.6. The Balaban J connectivity index is 2.06. The number of imide groups is 1. The second-order valence-electron chi connectivity index (χ2n) is 4.11. The van der Waals surface area contributed by atoms with Gasteiger partial charge in [-0.25, -0.2) is 4.79 Å². The van der Waals surface area contributed by atoms with Crippen molar-refractivity contribution in [2.75, 3.05) is 13.2 Å². The van der Waals surface area contributed by atoms with Crippen LogP contribution in [0.2, 0.25) is 0 Å². The van der Waals surface area contributed by atoms with Gasteiger partial charge in [-0.3, -0.25) is 15.0 Å². The highest BCUT2D eigenvalue weighted by molar-refractivity contribution is 6.06. The van der Waals surface area contributed by atoms with Gasteiger partial charge in [-0.1, -0.05) is 6.58 Å². The van der Waals surface area contributed by atoms with Crippen LogP contribution in [0.5, 0.6) is 0 Å². The molecule has 2 heterocycles. The van der Waals surface area contributed by atoms with E-state index < -0.39 is 30.4 Å². The molecule has 17 heavy (non-hydrogen) atoms. The average molecular weight is 242 g/mol. The molecule has 7 heteroatoms. The number of carbonyl (C=O) groups is 2. The van der Waals surface area contributed by atoms with Gasteiger partial charge in [0.15, 0.2) is 0 Å². The van der Waals surface area contributed by atoms with Crippen LogP contribution in [-0.4, -0.2) is 58.6 Å². The Morgan fingerprint density at radius 2 is 2.24 bits per heavy atom. The van der Waals surface area contributed by atoms with E-state index in [0.29, 0.717) is 0 Å². The molecule has 2 saturated heterocycles. The smallest absolute Gasteiger partial charge is 0.326 e. The molecule has 0 aliphatic carbocycles. The molecule has 94 valence electrons. The number of hydrogen-bond donors (Lipinski definition) is 3. The van der Waals surface area contributed by atoms with Gasteiger partial charge in [0.25, 0.3) is 5.91 Å². The van der Waals surface area contributed by atoms with Crippen molar-refractivity contribution in [1.82, 2.24) is 10.2 Å². The molecular weight excluding hydrogens is 228 g/mol. The van der Waals surface area contributed by atoms with Crippen LogP contribution >= 0.6 is 0 Å². The van der Waals surface area contributed by atoms with E-state index in [4.69, 9.17) is 9.84 Å². The lowest BCUT2D eigenvalue weighted by Crippen LogP contribution is -2.54. The maximum atomic E-state index is 11.6. The van der Waals surface area contributed by atoms with Crippen LogP contribution in [0.4, 0.5) is 4.79 Å². The first-order chi connectivity index (χ1) is 8.02. The number of aliphatic hydroxyl groups excluding tert-OH is 2. The molecule has 0 spiro atoms. The minimum atomic E-state index is -0.816. The maximum absolute atomic E-state index is 11.6. The first kappa shape index (κ1) is 12.0. The van der Waals surface area contributed by atoms with Crippen molar-refractivity contribution in [2.24, 2.45) is 0 Å². The number of urea groups is 1. The molecule has 0 radical (unpaired) electrons. The van der Waals surface area contributed by atoms with Crippen molar-refractivity contribution in [1.29, 1.82) is 0 Å². The number of nitrogens with one attached hydrogen (secondary N) is 1. The fourth-order valence-electron chi connectivity index (χ4n) is 1.91. The van der Waals surface area contributed by atoms with Crippen LogP contribution in [0.1, 0.15) is 6.42 Å². The summed E-state index contributed by atoms with van der Waals surface area (Å²) >= 11 is 0. The Bertz CT molecular complexity index is 370. The number of amides is 3. The Morgan fingerprint density at radius 1 is 1.53 bits per heavy atom. The number of carbonyl (C=O) groups excluding carboxylic acids is 2. The molecule has 0 bridgehead atoms. The summed E-state index contributed by atoms with van der Waals surface area (Å²) in [5.74, 6) is -0.497. The molecule has 0 aromatic carbocycles. The lowest BCUT2D eigenvalue weighted by Gasteiger charge is -2.32. The summed E-state index contributed by atoms with van der Waals surface area (Å²) in [6, 6.07) is -0.571. The largest absolute Gasteiger partial charge is 0.394 e. The van der Waals surface area contributed by atoms with Gasteiger partial charge in [-0.05, 0) is 0 Å². The average Bonchev–Trinajstić information content (AvgIpc) is 2.65. The Kier molecular flexibility index (Phi) is 3.14. The fraction of sp³-hybridized carbons (Fsp3) is 0.600. The standard InChI is InChI=1S/C10H14N2O5/c1-5-3-12(10(16)11-9(5)15)8-2-6(14)7(4-13)17-8/h6-8,13-14H,1-4H2,(H,11,15,16)/t6-,7+,8+/m0/s1. The van der Waals surface area contributed by atoms with Crippen molar-refractivity contribution in [3.8, 4) is 0 Å². The molecular formula is C10H14N2O5. The topological polar surface area (TPSA) is 99.1 Å². The van der Waals surface area contributed by atoms with E-state index in [9.17, 15) is 14.7 Å². The third kappa shape index (κ3) is 2.17. The van der Waals surface area contributed by atoms with E-state index >= 15 is 0 Å². The summed E-state index contributed by atoms with van der Waals surface area (Å²) in [5, 5.41) is 20.6. The molecule has 0 saturated carbocycles. The van der Waals surface area contributed by atoms with E-state index in [0.717, 1.165) is 0 Å². The van der Waals surface area contributed by atoms with Gasteiger partial charge in [0, 0.05) is 12.0 Å². The van der Waals surface area contributed by atoms with Crippen LogP contribution in [0.25, 0.3) is 0 Å². The number of hydrogen-bond acceptors (Lipinski definition) is 5. The Morgan fingerprint density at radius 3 is 2.82 bits per heavy atom. The zero-order valence-electron chi connectivity index (χ0n) is 9.13.